The molecule has 4 nitrogen and oxygen atoms in total. The summed E-state index contributed by atoms with van der Waals surface area (Å²) in [6.07, 6.45) is 3.97. The lowest BCUT2D eigenvalue weighted by Gasteiger charge is -2.27. The lowest BCUT2D eigenvalue weighted by molar-refractivity contribution is -0.117. The predicted octanol–water partition coefficient (Wildman–Crippen LogP) is 4.19. The van der Waals surface area contributed by atoms with Gasteiger partial charge in [-0.1, -0.05) is 24.3 Å². The molecule has 0 spiro atoms. The van der Waals surface area contributed by atoms with Gasteiger partial charge in [-0.25, -0.2) is 4.39 Å². The highest BCUT2D eigenvalue weighted by Gasteiger charge is 2.44. The Kier molecular flexibility index (Phi) is 4.92. The van der Waals surface area contributed by atoms with Gasteiger partial charge in [0.05, 0.1) is 11.3 Å². The van der Waals surface area contributed by atoms with Crippen LogP contribution in [0.1, 0.15) is 47.5 Å². The molecule has 0 radical (unpaired) electrons. The number of benzene rings is 2. The second kappa shape index (κ2) is 7.51. The molecule has 0 bridgehead atoms. The monoisotopic (exact) mass is 366 g/mol. The molecule has 2 aromatic carbocycles. The first kappa shape index (κ1) is 17.7. The SMILES string of the molecule is O=C(Nc1ccccc1C(=O)N1CCCCC1)C1CC1c1ccc(F)cc1. The highest BCUT2D eigenvalue weighted by atomic mass is 19.1. The number of halogens is 1. The van der Waals surface area contributed by atoms with Crippen molar-refractivity contribution in [1.29, 1.82) is 0 Å². The maximum absolute atomic E-state index is 13.1. The van der Waals surface area contributed by atoms with E-state index in [0.717, 1.165) is 44.3 Å². The molecule has 1 N–H and O–H groups in total. The number of hydrogen-bond acceptors (Lipinski definition) is 2. The Balaban J connectivity index is 1.44. The van der Waals surface area contributed by atoms with E-state index in [1.165, 1.54) is 12.1 Å². The number of piperidine rings is 1. The first-order valence-electron chi connectivity index (χ1n) is 9.58. The van der Waals surface area contributed by atoms with Crippen LogP contribution in [0.4, 0.5) is 10.1 Å². The topological polar surface area (TPSA) is 49.4 Å². The second-order valence-electron chi connectivity index (χ2n) is 7.39. The van der Waals surface area contributed by atoms with Crippen LogP contribution in [-0.4, -0.2) is 29.8 Å². The zero-order valence-electron chi connectivity index (χ0n) is 15.2. The Hall–Kier alpha value is -2.69. The van der Waals surface area contributed by atoms with Crippen molar-refractivity contribution >= 4 is 17.5 Å². The van der Waals surface area contributed by atoms with Crippen molar-refractivity contribution in [2.45, 2.75) is 31.6 Å². The van der Waals surface area contributed by atoms with Crippen molar-refractivity contribution < 1.29 is 14.0 Å². The van der Waals surface area contributed by atoms with Crippen LogP contribution >= 0.6 is 0 Å². The van der Waals surface area contributed by atoms with E-state index in [9.17, 15) is 14.0 Å². The van der Waals surface area contributed by atoms with Crippen LogP contribution in [0.2, 0.25) is 0 Å². The summed E-state index contributed by atoms with van der Waals surface area (Å²) < 4.78 is 13.1. The highest BCUT2D eigenvalue weighted by Crippen LogP contribution is 2.48. The summed E-state index contributed by atoms with van der Waals surface area (Å²) in [5.74, 6) is -0.380. The van der Waals surface area contributed by atoms with Crippen molar-refractivity contribution in [1.82, 2.24) is 4.90 Å². The molecule has 4 rings (SSSR count). The van der Waals surface area contributed by atoms with Crippen molar-refractivity contribution in [3.05, 3.63) is 65.5 Å². The van der Waals surface area contributed by atoms with Crippen LogP contribution in [0.15, 0.2) is 48.5 Å². The fourth-order valence-electron chi connectivity index (χ4n) is 3.83. The molecule has 1 aliphatic carbocycles. The van der Waals surface area contributed by atoms with Crippen molar-refractivity contribution in [3.63, 3.8) is 0 Å². The van der Waals surface area contributed by atoms with Crippen molar-refractivity contribution in [3.8, 4) is 0 Å². The Bertz CT molecular complexity index is 844. The summed E-state index contributed by atoms with van der Waals surface area (Å²) in [6, 6.07) is 13.5. The lowest BCUT2D eigenvalue weighted by Crippen LogP contribution is -2.36. The Morgan fingerprint density at radius 2 is 1.67 bits per heavy atom. The van der Waals surface area contributed by atoms with Gasteiger partial charge in [0.2, 0.25) is 5.91 Å². The highest BCUT2D eigenvalue weighted by molar-refractivity contribution is 6.04. The third-order valence-corrected chi connectivity index (χ3v) is 5.48. The van der Waals surface area contributed by atoms with Gasteiger partial charge in [0.15, 0.2) is 0 Å². The van der Waals surface area contributed by atoms with E-state index in [1.807, 2.05) is 17.0 Å². The van der Waals surface area contributed by atoms with Crippen LogP contribution in [0, 0.1) is 11.7 Å². The standard InChI is InChI=1S/C22H23FN2O2/c23-16-10-8-15(9-11-16)18-14-19(18)21(26)24-20-7-3-2-6-17(20)22(27)25-12-4-1-5-13-25/h2-3,6-11,18-19H,1,4-5,12-14H2,(H,24,26). The number of anilines is 1. The molecule has 2 fully saturated rings. The van der Waals surface area contributed by atoms with Crippen LogP contribution in [0.5, 0.6) is 0 Å². The van der Waals surface area contributed by atoms with Gasteiger partial charge in [-0.2, -0.15) is 0 Å². The quantitative estimate of drug-likeness (QED) is 0.882. The molecular weight excluding hydrogens is 343 g/mol. The second-order valence-corrected chi connectivity index (χ2v) is 7.39. The maximum Gasteiger partial charge on any atom is 0.255 e. The molecule has 27 heavy (non-hydrogen) atoms. The number of nitrogens with zero attached hydrogens (tertiary/aromatic N) is 1. The number of likely N-dealkylation sites (tertiary alicyclic amines) is 1. The largest absolute Gasteiger partial charge is 0.339 e. The minimum atomic E-state index is -0.273. The summed E-state index contributed by atoms with van der Waals surface area (Å²) >= 11 is 0. The van der Waals surface area contributed by atoms with Crippen LogP contribution < -0.4 is 5.32 Å². The average molecular weight is 366 g/mol. The molecule has 2 amide bonds. The zero-order valence-corrected chi connectivity index (χ0v) is 15.2. The molecule has 2 unspecified atom stereocenters. The molecule has 1 saturated carbocycles. The van der Waals surface area contributed by atoms with E-state index in [0.29, 0.717) is 11.3 Å². The third-order valence-electron chi connectivity index (χ3n) is 5.48. The molecular formula is C22H23FN2O2. The van der Waals surface area contributed by atoms with Crippen LogP contribution in [-0.2, 0) is 4.79 Å². The van der Waals surface area contributed by atoms with E-state index < -0.39 is 0 Å². The number of para-hydroxylation sites is 1. The number of hydrogen-bond donors (Lipinski definition) is 1. The number of carbonyl (C=O) groups is 2. The summed E-state index contributed by atoms with van der Waals surface area (Å²) in [4.78, 5) is 27.4. The first-order valence-corrected chi connectivity index (χ1v) is 9.58. The number of rotatable bonds is 4. The summed E-state index contributed by atoms with van der Waals surface area (Å²) in [5.41, 5.74) is 2.10. The molecule has 5 heteroatoms. The van der Waals surface area contributed by atoms with Gasteiger partial charge in [0.25, 0.3) is 5.91 Å². The van der Waals surface area contributed by atoms with Crippen molar-refractivity contribution in [2.75, 3.05) is 18.4 Å². The van der Waals surface area contributed by atoms with Crippen molar-refractivity contribution in [2.24, 2.45) is 5.92 Å². The molecule has 2 aliphatic rings. The van der Waals surface area contributed by atoms with E-state index in [-0.39, 0.29) is 29.5 Å². The molecule has 0 aromatic heterocycles. The minimum absolute atomic E-state index is 0.0171. The van der Waals surface area contributed by atoms with Gasteiger partial charge >= 0.3 is 0 Å². The third kappa shape index (κ3) is 3.87. The normalized spacial score (nSPS) is 21.6. The molecule has 1 heterocycles. The molecule has 1 aliphatic heterocycles. The fourth-order valence-corrected chi connectivity index (χ4v) is 3.83. The first-order chi connectivity index (χ1) is 13.1. The van der Waals surface area contributed by atoms with Gasteiger partial charge in [0, 0.05) is 19.0 Å². The zero-order chi connectivity index (χ0) is 18.8. The minimum Gasteiger partial charge on any atom is -0.339 e. The smallest absolute Gasteiger partial charge is 0.255 e. The average Bonchev–Trinajstić information content (AvgIpc) is 3.50. The molecule has 2 aromatic rings. The Morgan fingerprint density at radius 3 is 2.41 bits per heavy atom. The lowest BCUT2D eigenvalue weighted by atomic mass is 10.1. The van der Waals surface area contributed by atoms with E-state index in [2.05, 4.69) is 5.32 Å². The van der Waals surface area contributed by atoms with Gasteiger partial charge in [0.1, 0.15) is 5.82 Å². The number of amides is 2. The van der Waals surface area contributed by atoms with E-state index >= 15 is 0 Å². The fraction of sp³-hybridized carbons (Fsp3) is 0.364. The Labute approximate surface area is 158 Å². The Morgan fingerprint density at radius 1 is 0.963 bits per heavy atom. The van der Waals surface area contributed by atoms with E-state index in [4.69, 9.17) is 0 Å². The molecule has 140 valence electrons. The molecule has 2 atom stereocenters. The number of nitrogens with one attached hydrogen (secondary N) is 1. The molecule has 1 saturated heterocycles. The van der Waals surface area contributed by atoms with Gasteiger partial charge in [-0.3, -0.25) is 9.59 Å². The predicted molar refractivity (Wildman–Crippen MR) is 102 cm³/mol. The number of carbonyl (C=O) groups excluding carboxylic acids is 2. The van der Waals surface area contributed by atoms with Gasteiger partial charge in [-0.15, -0.1) is 0 Å². The van der Waals surface area contributed by atoms with Gasteiger partial charge < -0.3 is 10.2 Å². The summed E-state index contributed by atoms with van der Waals surface area (Å²) in [6.45, 7) is 1.55. The van der Waals surface area contributed by atoms with Crippen LogP contribution in [0.25, 0.3) is 0 Å². The van der Waals surface area contributed by atoms with Crippen LogP contribution in [0.3, 0.4) is 0 Å². The maximum atomic E-state index is 13.1. The summed E-state index contributed by atoms with van der Waals surface area (Å²) in [5, 5.41) is 2.94. The van der Waals surface area contributed by atoms with Gasteiger partial charge in [-0.05, 0) is 61.4 Å². The van der Waals surface area contributed by atoms with E-state index in [1.54, 1.807) is 24.3 Å². The summed E-state index contributed by atoms with van der Waals surface area (Å²) in [7, 11) is 0.